The predicted molar refractivity (Wildman–Crippen MR) is 119 cm³/mol. The topological polar surface area (TPSA) is 46.9 Å². The first-order valence-electron chi connectivity index (χ1n) is 9.55. The summed E-state index contributed by atoms with van der Waals surface area (Å²) < 4.78 is 1.99. The number of aromatic nitrogens is 2. The number of amides is 1. The molecular formula is C24H22ClN3O. The minimum Gasteiger partial charge on any atom is -0.325 e. The van der Waals surface area contributed by atoms with Gasteiger partial charge in [0.25, 0.3) is 0 Å². The Morgan fingerprint density at radius 3 is 2.41 bits per heavy atom. The number of nitrogens with one attached hydrogen (secondary N) is 1. The lowest BCUT2D eigenvalue weighted by molar-refractivity contribution is -0.116. The van der Waals surface area contributed by atoms with Crippen LogP contribution in [0.25, 0.3) is 11.0 Å². The standard InChI is InChI=1S/C24H22ClN3O/c1-16-11-17(2)13-20(12-16)26-24(29)15-28-22-6-4-3-5-21(22)27-23(28)14-18-7-9-19(25)10-8-18/h3-13H,14-15H2,1-2H3,(H,26,29). The Morgan fingerprint density at radius 2 is 1.69 bits per heavy atom. The molecule has 0 saturated heterocycles. The van der Waals surface area contributed by atoms with Gasteiger partial charge in [-0.05, 0) is 66.9 Å². The molecule has 29 heavy (non-hydrogen) atoms. The van der Waals surface area contributed by atoms with Gasteiger partial charge >= 0.3 is 0 Å². The maximum absolute atomic E-state index is 12.8. The molecule has 1 aromatic heterocycles. The molecule has 0 atom stereocenters. The van der Waals surface area contributed by atoms with Crippen molar-refractivity contribution in [3.05, 3.63) is 94.3 Å². The highest BCUT2D eigenvalue weighted by molar-refractivity contribution is 6.30. The zero-order valence-electron chi connectivity index (χ0n) is 16.4. The van der Waals surface area contributed by atoms with Gasteiger partial charge in [0.1, 0.15) is 12.4 Å². The molecule has 3 aromatic carbocycles. The Kier molecular flexibility index (Phi) is 5.36. The summed E-state index contributed by atoms with van der Waals surface area (Å²) in [4.78, 5) is 17.6. The molecule has 0 aliphatic carbocycles. The SMILES string of the molecule is Cc1cc(C)cc(NC(=O)Cn2c(Cc3ccc(Cl)cc3)nc3ccccc32)c1. The number of para-hydroxylation sites is 2. The Morgan fingerprint density at radius 1 is 1.00 bits per heavy atom. The Bertz CT molecular complexity index is 1160. The maximum Gasteiger partial charge on any atom is 0.244 e. The van der Waals surface area contributed by atoms with Crippen LogP contribution >= 0.6 is 11.6 Å². The summed E-state index contributed by atoms with van der Waals surface area (Å²) in [6.07, 6.45) is 0.628. The van der Waals surface area contributed by atoms with E-state index in [0.29, 0.717) is 11.4 Å². The van der Waals surface area contributed by atoms with E-state index in [9.17, 15) is 4.79 Å². The summed E-state index contributed by atoms with van der Waals surface area (Å²) in [6.45, 7) is 4.25. The molecule has 1 amide bonds. The van der Waals surface area contributed by atoms with Gasteiger partial charge in [0.2, 0.25) is 5.91 Å². The second-order valence-corrected chi connectivity index (χ2v) is 7.77. The molecule has 0 aliphatic heterocycles. The Hall–Kier alpha value is -3.11. The molecule has 0 unspecified atom stereocenters. The van der Waals surface area contributed by atoms with Crippen LogP contribution in [0.1, 0.15) is 22.5 Å². The van der Waals surface area contributed by atoms with E-state index in [2.05, 4.69) is 11.4 Å². The van der Waals surface area contributed by atoms with Crippen LogP contribution in [-0.2, 0) is 17.8 Å². The molecule has 5 heteroatoms. The van der Waals surface area contributed by atoms with Crippen molar-refractivity contribution in [1.29, 1.82) is 0 Å². The van der Waals surface area contributed by atoms with Crippen molar-refractivity contribution in [3.63, 3.8) is 0 Å². The van der Waals surface area contributed by atoms with E-state index in [1.165, 1.54) is 0 Å². The highest BCUT2D eigenvalue weighted by Crippen LogP contribution is 2.20. The molecule has 1 heterocycles. The zero-order chi connectivity index (χ0) is 20.4. The molecule has 4 nitrogen and oxygen atoms in total. The van der Waals surface area contributed by atoms with E-state index >= 15 is 0 Å². The summed E-state index contributed by atoms with van der Waals surface area (Å²) in [5, 5.41) is 3.72. The first-order valence-corrected chi connectivity index (χ1v) is 9.92. The van der Waals surface area contributed by atoms with Crippen molar-refractivity contribution in [2.24, 2.45) is 0 Å². The first-order chi connectivity index (χ1) is 14.0. The van der Waals surface area contributed by atoms with Crippen LogP contribution in [0.2, 0.25) is 5.02 Å². The number of imidazole rings is 1. The van der Waals surface area contributed by atoms with E-state index in [0.717, 1.165) is 39.2 Å². The lowest BCUT2D eigenvalue weighted by Gasteiger charge is -2.11. The van der Waals surface area contributed by atoms with Gasteiger partial charge in [0.05, 0.1) is 11.0 Å². The number of rotatable bonds is 5. The fourth-order valence-electron chi connectivity index (χ4n) is 3.61. The highest BCUT2D eigenvalue weighted by atomic mass is 35.5. The minimum absolute atomic E-state index is 0.0736. The molecule has 0 radical (unpaired) electrons. The van der Waals surface area contributed by atoms with Gasteiger partial charge in [-0.15, -0.1) is 0 Å². The number of carbonyl (C=O) groups excluding carboxylic acids is 1. The minimum atomic E-state index is -0.0736. The van der Waals surface area contributed by atoms with E-state index in [-0.39, 0.29) is 12.5 Å². The number of benzene rings is 3. The Labute approximate surface area is 175 Å². The number of anilines is 1. The molecule has 0 aliphatic rings. The van der Waals surface area contributed by atoms with E-state index in [1.54, 1.807) is 0 Å². The third-order valence-corrected chi connectivity index (χ3v) is 5.07. The number of carbonyl (C=O) groups is 1. The molecule has 0 saturated carbocycles. The summed E-state index contributed by atoms with van der Waals surface area (Å²) >= 11 is 6.00. The lowest BCUT2D eigenvalue weighted by atomic mass is 10.1. The molecule has 0 fully saturated rings. The summed E-state index contributed by atoms with van der Waals surface area (Å²) in [5.74, 6) is 0.777. The zero-order valence-corrected chi connectivity index (χ0v) is 17.2. The number of fused-ring (bicyclic) bond motifs is 1. The molecule has 4 rings (SSSR count). The quantitative estimate of drug-likeness (QED) is 0.475. The van der Waals surface area contributed by atoms with Crippen LogP contribution in [0.5, 0.6) is 0 Å². The van der Waals surface area contributed by atoms with Gasteiger partial charge in [-0.25, -0.2) is 4.98 Å². The van der Waals surface area contributed by atoms with Crippen molar-refractivity contribution in [2.45, 2.75) is 26.8 Å². The second kappa shape index (κ2) is 8.10. The predicted octanol–water partition coefficient (Wildman–Crippen LogP) is 5.54. The number of hydrogen-bond acceptors (Lipinski definition) is 2. The van der Waals surface area contributed by atoms with Gasteiger partial charge in [-0.3, -0.25) is 4.79 Å². The maximum atomic E-state index is 12.8. The number of nitrogens with zero attached hydrogens (tertiary/aromatic N) is 2. The summed E-state index contributed by atoms with van der Waals surface area (Å²) in [6, 6.07) is 21.7. The third kappa shape index (κ3) is 4.49. The van der Waals surface area contributed by atoms with Crippen molar-refractivity contribution in [1.82, 2.24) is 9.55 Å². The summed E-state index contributed by atoms with van der Waals surface area (Å²) in [5.41, 5.74) is 5.99. The molecule has 146 valence electrons. The van der Waals surface area contributed by atoms with E-state index in [1.807, 2.05) is 79.1 Å². The number of hydrogen-bond donors (Lipinski definition) is 1. The lowest BCUT2D eigenvalue weighted by Crippen LogP contribution is -2.20. The van der Waals surface area contributed by atoms with Crippen LogP contribution in [0.15, 0.2) is 66.7 Å². The fraction of sp³-hybridized carbons (Fsp3) is 0.167. The third-order valence-electron chi connectivity index (χ3n) is 4.82. The van der Waals surface area contributed by atoms with Gasteiger partial charge in [0.15, 0.2) is 0 Å². The average Bonchev–Trinajstić information content (AvgIpc) is 3.00. The molecule has 0 spiro atoms. The molecular weight excluding hydrogens is 382 g/mol. The van der Waals surface area contributed by atoms with Crippen molar-refractivity contribution < 1.29 is 4.79 Å². The monoisotopic (exact) mass is 403 g/mol. The van der Waals surface area contributed by atoms with E-state index < -0.39 is 0 Å². The van der Waals surface area contributed by atoms with E-state index in [4.69, 9.17) is 16.6 Å². The molecule has 0 bridgehead atoms. The first kappa shape index (κ1) is 19.2. The van der Waals surface area contributed by atoms with Crippen molar-refractivity contribution in [2.75, 3.05) is 5.32 Å². The van der Waals surface area contributed by atoms with Crippen LogP contribution in [-0.4, -0.2) is 15.5 Å². The van der Waals surface area contributed by atoms with Crippen molar-refractivity contribution in [3.8, 4) is 0 Å². The van der Waals surface area contributed by atoms with Crippen LogP contribution in [0, 0.1) is 13.8 Å². The van der Waals surface area contributed by atoms with Crippen LogP contribution in [0.3, 0.4) is 0 Å². The van der Waals surface area contributed by atoms with Gasteiger partial charge < -0.3 is 9.88 Å². The number of halogens is 1. The second-order valence-electron chi connectivity index (χ2n) is 7.33. The summed E-state index contributed by atoms with van der Waals surface area (Å²) in [7, 11) is 0. The normalized spacial score (nSPS) is 11.0. The fourth-order valence-corrected chi connectivity index (χ4v) is 3.74. The molecule has 1 N–H and O–H groups in total. The van der Waals surface area contributed by atoms with Gasteiger partial charge in [0, 0.05) is 17.1 Å². The van der Waals surface area contributed by atoms with Gasteiger partial charge in [-0.1, -0.05) is 41.9 Å². The van der Waals surface area contributed by atoms with Crippen LogP contribution in [0.4, 0.5) is 5.69 Å². The molecule has 4 aromatic rings. The largest absolute Gasteiger partial charge is 0.325 e. The average molecular weight is 404 g/mol. The number of aryl methyl sites for hydroxylation is 2. The van der Waals surface area contributed by atoms with Gasteiger partial charge in [-0.2, -0.15) is 0 Å². The Balaban J connectivity index is 1.62. The van der Waals surface area contributed by atoms with Crippen LogP contribution < -0.4 is 5.32 Å². The smallest absolute Gasteiger partial charge is 0.244 e. The van der Waals surface area contributed by atoms with Crippen molar-refractivity contribution >= 4 is 34.2 Å². The highest BCUT2D eigenvalue weighted by Gasteiger charge is 2.14.